The standard InChI is InChI=1S/C32H28N2O7S2/c35-29(36)25-5-1-3-7-27(25)33-31(39)42-19-23-13-9-21(10-14-23)17-41-18-22-11-15-24(16-12-22)20-43-32(40)34-28-8-4-2-6-26(28)30(37)38/h1-16H,17-20H2,(H,33,39)(H,34,40)(H,35,36)(H,37,38). The number of anilines is 2. The van der Waals surface area contributed by atoms with Crippen molar-refractivity contribution in [1.29, 1.82) is 0 Å². The molecule has 2 amide bonds. The number of carbonyl (C=O) groups is 4. The Labute approximate surface area is 256 Å². The van der Waals surface area contributed by atoms with Crippen LogP contribution in [-0.2, 0) is 29.5 Å². The first-order chi connectivity index (χ1) is 20.8. The Balaban J connectivity index is 1.16. The zero-order valence-electron chi connectivity index (χ0n) is 22.8. The Hall–Kier alpha value is -4.58. The third kappa shape index (κ3) is 9.74. The number of ether oxygens (including phenoxy) is 1. The van der Waals surface area contributed by atoms with E-state index < -0.39 is 11.9 Å². The van der Waals surface area contributed by atoms with E-state index in [1.54, 1.807) is 36.4 Å². The van der Waals surface area contributed by atoms with Crippen LogP contribution in [0.5, 0.6) is 0 Å². The Bertz CT molecular complexity index is 1470. The van der Waals surface area contributed by atoms with E-state index in [0.717, 1.165) is 45.8 Å². The summed E-state index contributed by atoms with van der Waals surface area (Å²) < 4.78 is 5.84. The number of carboxylic acids is 2. The Kier molecular flexibility index (Phi) is 11.4. The minimum absolute atomic E-state index is 0.0401. The fourth-order valence-corrected chi connectivity index (χ4v) is 5.24. The maximum absolute atomic E-state index is 12.3. The Morgan fingerprint density at radius 3 is 1.26 bits per heavy atom. The normalized spacial score (nSPS) is 10.6. The number of rotatable bonds is 12. The molecule has 0 saturated carbocycles. The van der Waals surface area contributed by atoms with Gasteiger partial charge in [-0.05, 0) is 46.5 Å². The summed E-state index contributed by atoms with van der Waals surface area (Å²) in [6, 6.07) is 28.0. The third-order valence-corrected chi connectivity index (χ3v) is 7.80. The van der Waals surface area contributed by atoms with E-state index in [-0.39, 0.29) is 33.0 Å². The van der Waals surface area contributed by atoms with Crippen LogP contribution < -0.4 is 10.6 Å². The number of benzene rings is 4. The van der Waals surface area contributed by atoms with Gasteiger partial charge in [-0.15, -0.1) is 0 Å². The molecule has 0 fully saturated rings. The number of carbonyl (C=O) groups excluding carboxylic acids is 2. The summed E-state index contributed by atoms with van der Waals surface area (Å²) in [6.07, 6.45) is 0. The van der Waals surface area contributed by atoms with E-state index in [2.05, 4.69) is 10.6 Å². The molecule has 4 aromatic rings. The van der Waals surface area contributed by atoms with Crippen molar-refractivity contribution in [2.45, 2.75) is 24.7 Å². The SMILES string of the molecule is O=C(Nc1ccccc1C(=O)O)SCc1ccc(COCc2ccc(CSC(=O)Nc3ccccc3C(=O)O)cc2)cc1. The van der Waals surface area contributed by atoms with Crippen LogP contribution in [0.4, 0.5) is 21.0 Å². The lowest BCUT2D eigenvalue weighted by Crippen LogP contribution is -2.10. The van der Waals surface area contributed by atoms with Gasteiger partial charge in [-0.1, -0.05) is 96.3 Å². The van der Waals surface area contributed by atoms with E-state index in [9.17, 15) is 29.4 Å². The first kappa shape index (κ1) is 31.4. The number of para-hydroxylation sites is 2. The van der Waals surface area contributed by atoms with Crippen LogP contribution in [0.2, 0.25) is 0 Å². The van der Waals surface area contributed by atoms with E-state index in [1.807, 2.05) is 48.5 Å². The molecule has 0 atom stereocenters. The van der Waals surface area contributed by atoms with Gasteiger partial charge < -0.3 is 25.6 Å². The van der Waals surface area contributed by atoms with Gasteiger partial charge in [0.05, 0.1) is 35.7 Å². The number of hydrogen-bond donors (Lipinski definition) is 4. The molecule has 9 nitrogen and oxygen atoms in total. The molecule has 4 rings (SSSR count). The van der Waals surface area contributed by atoms with Crippen molar-refractivity contribution in [1.82, 2.24) is 0 Å². The molecular formula is C32H28N2O7S2. The van der Waals surface area contributed by atoms with Gasteiger partial charge in [0, 0.05) is 11.5 Å². The van der Waals surface area contributed by atoms with Crippen LogP contribution in [0.15, 0.2) is 97.1 Å². The molecule has 4 aromatic carbocycles. The smallest absolute Gasteiger partial charge is 0.337 e. The summed E-state index contributed by atoms with van der Waals surface area (Å²) in [5.74, 6) is -1.33. The Morgan fingerprint density at radius 2 is 0.884 bits per heavy atom. The molecule has 11 heteroatoms. The lowest BCUT2D eigenvalue weighted by Gasteiger charge is -2.09. The van der Waals surface area contributed by atoms with Crippen LogP contribution in [0.25, 0.3) is 0 Å². The van der Waals surface area contributed by atoms with Crippen molar-refractivity contribution >= 4 is 57.3 Å². The molecule has 4 N–H and O–H groups in total. The predicted molar refractivity (Wildman–Crippen MR) is 169 cm³/mol. The number of hydrogen-bond acceptors (Lipinski definition) is 7. The van der Waals surface area contributed by atoms with Gasteiger partial charge in [0.2, 0.25) is 0 Å². The van der Waals surface area contributed by atoms with Gasteiger partial charge in [0.25, 0.3) is 10.5 Å². The maximum Gasteiger partial charge on any atom is 0.337 e. The van der Waals surface area contributed by atoms with Crippen molar-refractivity contribution in [2.75, 3.05) is 10.6 Å². The van der Waals surface area contributed by atoms with Crippen molar-refractivity contribution in [2.24, 2.45) is 0 Å². The van der Waals surface area contributed by atoms with Crippen LogP contribution in [0, 0.1) is 0 Å². The molecule has 43 heavy (non-hydrogen) atoms. The number of nitrogens with one attached hydrogen (secondary N) is 2. The number of aromatic carboxylic acids is 2. The molecule has 0 spiro atoms. The van der Waals surface area contributed by atoms with Gasteiger partial charge in [0.15, 0.2) is 0 Å². The van der Waals surface area contributed by atoms with Crippen molar-refractivity contribution < 1.29 is 34.1 Å². The molecule has 0 aromatic heterocycles. The number of amides is 2. The average molecular weight is 617 g/mol. The lowest BCUT2D eigenvalue weighted by atomic mass is 10.1. The summed E-state index contributed by atoms with van der Waals surface area (Å²) >= 11 is 2.11. The fraction of sp³-hybridized carbons (Fsp3) is 0.125. The topological polar surface area (TPSA) is 142 Å². The highest BCUT2D eigenvalue weighted by molar-refractivity contribution is 8.13. The van der Waals surface area contributed by atoms with E-state index in [1.165, 1.54) is 12.1 Å². The van der Waals surface area contributed by atoms with Gasteiger partial charge >= 0.3 is 11.9 Å². The van der Waals surface area contributed by atoms with E-state index in [0.29, 0.717) is 24.7 Å². The summed E-state index contributed by atoms with van der Waals surface area (Å²) in [5.41, 5.74) is 4.47. The predicted octanol–water partition coefficient (Wildman–Crippen LogP) is 7.73. The van der Waals surface area contributed by atoms with E-state index >= 15 is 0 Å². The van der Waals surface area contributed by atoms with Crippen molar-refractivity contribution in [3.63, 3.8) is 0 Å². The summed E-state index contributed by atoms with van der Waals surface area (Å²) in [7, 11) is 0. The van der Waals surface area contributed by atoms with Gasteiger partial charge in [-0.2, -0.15) is 0 Å². The zero-order chi connectivity index (χ0) is 30.6. The molecule has 0 aliphatic carbocycles. The summed E-state index contributed by atoms with van der Waals surface area (Å²) in [6.45, 7) is 0.824. The molecule has 0 radical (unpaired) electrons. The Morgan fingerprint density at radius 1 is 0.535 bits per heavy atom. The van der Waals surface area contributed by atoms with Crippen LogP contribution in [0.3, 0.4) is 0 Å². The first-order valence-corrected chi connectivity index (χ1v) is 15.0. The molecular weight excluding hydrogens is 588 g/mol. The summed E-state index contributed by atoms with van der Waals surface area (Å²) in [4.78, 5) is 47.2. The van der Waals surface area contributed by atoms with Gasteiger partial charge in [0.1, 0.15) is 0 Å². The lowest BCUT2D eigenvalue weighted by molar-refractivity contribution is 0.0687. The second-order valence-electron chi connectivity index (χ2n) is 9.23. The van der Waals surface area contributed by atoms with Crippen molar-refractivity contribution in [3.05, 3.63) is 130 Å². The largest absolute Gasteiger partial charge is 0.478 e. The van der Waals surface area contributed by atoms with Crippen LogP contribution in [-0.4, -0.2) is 32.6 Å². The van der Waals surface area contributed by atoms with Crippen LogP contribution >= 0.6 is 23.5 Å². The highest BCUT2D eigenvalue weighted by atomic mass is 32.2. The highest BCUT2D eigenvalue weighted by Gasteiger charge is 2.13. The monoisotopic (exact) mass is 616 g/mol. The minimum Gasteiger partial charge on any atom is -0.478 e. The quantitative estimate of drug-likeness (QED) is 0.126. The third-order valence-electron chi connectivity index (χ3n) is 6.11. The first-order valence-electron chi connectivity index (χ1n) is 13.0. The average Bonchev–Trinajstić information content (AvgIpc) is 3.00. The maximum atomic E-state index is 12.3. The molecule has 0 aliphatic rings. The van der Waals surface area contributed by atoms with Crippen molar-refractivity contribution in [3.8, 4) is 0 Å². The van der Waals surface area contributed by atoms with E-state index in [4.69, 9.17) is 4.74 Å². The fourth-order valence-electron chi connectivity index (χ4n) is 3.90. The zero-order valence-corrected chi connectivity index (χ0v) is 24.5. The number of carboxylic acid groups (broad SMARTS) is 2. The molecule has 0 aliphatic heterocycles. The number of thioether (sulfide) groups is 2. The molecule has 0 unspecified atom stereocenters. The second-order valence-corrected chi connectivity index (χ2v) is 11.1. The molecule has 0 bridgehead atoms. The van der Waals surface area contributed by atoms with Gasteiger partial charge in [-0.3, -0.25) is 9.59 Å². The molecule has 220 valence electrons. The summed E-state index contributed by atoms with van der Waals surface area (Å²) in [5, 5.41) is 23.1. The van der Waals surface area contributed by atoms with Gasteiger partial charge in [-0.25, -0.2) is 9.59 Å². The molecule has 0 saturated heterocycles. The highest BCUT2D eigenvalue weighted by Crippen LogP contribution is 2.22. The van der Waals surface area contributed by atoms with Crippen LogP contribution in [0.1, 0.15) is 43.0 Å². The second kappa shape index (κ2) is 15.6. The minimum atomic E-state index is -1.10. The molecule has 0 heterocycles.